The molecule has 3 fully saturated rings. The average molecular weight is 356 g/mol. The van der Waals surface area contributed by atoms with Gasteiger partial charge in [-0.2, -0.15) is 0 Å². The zero-order valence-electron chi connectivity index (χ0n) is 15.0. The zero-order chi connectivity index (χ0) is 17.6. The van der Waals surface area contributed by atoms with Crippen molar-refractivity contribution in [3.63, 3.8) is 0 Å². The van der Waals surface area contributed by atoms with Gasteiger partial charge >= 0.3 is 0 Å². The highest BCUT2D eigenvalue weighted by molar-refractivity contribution is 6.30. The average Bonchev–Trinajstić information content (AvgIpc) is 2.62. The first-order valence-corrected chi connectivity index (χ1v) is 9.64. The van der Waals surface area contributed by atoms with E-state index < -0.39 is 5.60 Å². The minimum Gasteiger partial charge on any atom is -0.385 e. The van der Waals surface area contributed by atoms with Crippen LogP contribution >= 0.6 is 11.6 Å². The summed E-state index contributed by atoms with van der Waals surface area (Å²) in [6, 6.07) is 16.9. The molecule has 0 aromatic heterocycles. The Hall–Kier alpha value is -1.35. The second-order valence-corrected chi connectivity index (χ2v) is 8.30. The number of rotatable bonds is 3. The topological polar surface area (TPSA) is 23.5 Å². The van der Waals surface area contributed by atoms with E-state index in [2.05, 4.69) is 42.2 Å². The second kappa shape index (κ2) is 6.42. The Morgan fingerprint density at radius 1 is 1.08 bits per heavy atom. The number of fused-ring (bicyclic) bond motifs is 3. The Kier molecular flexibility index (Phi) is 4.39. The van der Waals surface area contributed by atoms with Crippen LogP contribution in [-0.2, 0) is 5.60 Å². The number of piperidine rings is 3. The minimum atomic E-state index is -0.876. The molecular formula is C22H26ClNO. The Bertz CT molecular complexity index is 750. The lowest BCUT2D eigenvalue weighted by molar-refractivity contribution is -0.127. The summed E-state index contributed by atoms with van der Waals surface area (Å²) >= 11 is 6.15. The van der Waals surface area contributed by atoms with Crippen LogP contribution in [0.5, 0.6) is 0 Å². The third kappa shape index (κ3) is 2.91. The standard InChI is InChI=1S/C22H26ClNO/c1-15-14-18(23)8-9-19(15)22(2,25)20-16-10-12-24(13-11-16)21(20)17-6-4-3-5-7-17/h3-9,14,16,20-21,25H,10-13H2,1-2H3. The van der Waals surface area contributed by atoms with Gasteiger partial charge in [-0.15, -0.1) is 0 Å². The Morgan fingerprint density at radius 3 is 2.40 bits per heavy atom. The number of benzene rings is 2. The molecule has 3 aliphatic rings. The minimum absolute atomic E-state index is 0.192. The molecule has 3 heterocycles. The van der Waals surface area contributed by atoms with Crippen LogP contribution in [0.15, 0.2) is 48.5 Å². The lowest BCUT2D eigenvalue weighted by Crippen LogP contribution is -2.56. The first kappa shape index (κ1) is 17.1. The molecule has 2 aromatic carbocycles. The summed E-state index contributed by atoms with van der Waals surface area (Å²) in [7, 11) is 0. The van der Waals surface area contributed by atoms with Crippen molar-refractivity contribution in [1.29, 1.82) is 0 Å². The van der Waals surface area contributed by atoms with E-state index >= 15 is 0 Å². The van der Waals surface area contributed by atoms with Crippen molar-refractivity contribution in [3.05, 3.63) is 70.2 Å². The quantitative estimate of drug-likeness (QED) is 0.843. The van der Waals surface area contributed by atoms with Crippen LogP contribution in [0.4, 0.5) is 0 Å². The number of nitrogens with zero attached hydrogens (tertiary/aromatic N) is 1. The van der Waals surface area contributed by atoms with Crippen LogP contribution in [0, 0.1) is 18.8 Å². The molecule has 3 aliphatic heterocycles. The first-order valence-electron chi connectivity index (χ1n) is 9.26. The van der Waals surface area contributed by atoms with Gasteiger partial charge in [0.2, 0.25) is 0 Å². The van der Waals surface area contributed by atoms with Crippen LogP contribution in [-0.4, -0.2) is 23.1 Å². The van der Waals surface area contributed by atoms with Gasteiger partial charge in [-0.25, -0.2) is 0 Å². The summed E-state index contributed by atoms with van der Waals surface area (Å²) in [5, 5.41) is 12.5. The monoisotopic (exact) mass is 355 g/mol. The molecule has 25 heavy (non-hydrogen) atoms. The maximum absolute atomic E-state index is 11.8. The molecule has 1 N–H and O–H groups in total. The Balaban J connectivity index is 1.80. The van der Waals surface area contributed by atoms with E-state index in [1.54, 1.807) is 0 Å². The van der Waals surface area contributed by atoms with Crippen molar-refractivity contribution >= 4 is 11.6 Å². The fraction of sp³-hybridized carbons (Fsp3) is 0.455. The van der Waals surface area contributed by atoms with Gasteiger partial charge in [-0.1, -0.05) is 48.0 Å². The molecule has 3 atom stereocenters. The molecular weight excluding hydrogens is 330 g/mol. The largest absolute Gasteiger partial charge is 0.385 e. The summed E-state index contributed by atoms with van der Waals surface area (Å²) < 4.78 is 0. The van der Waals surface area contributed by atoms with E-state index in [1.165, 1.54) is 18.4 Å². The molecule has 3 heteroatoms. The van der Waals surface area contributed by atoms with Gasteiger partial charge in [0.05, 0.1) is 5.60 Å². The highest BCUT2D eigenvalue weighted by Crippen LogP contribution is 2.53. The molecule has 2 nitrogen and oxygen atoms in total. The highest BCUT2D eigenvalue weighted by atomic mass is 35.5. The fourth-order valence-electron chi connectivity index (χ4n) is 5.25. The first-order chi connectivity index (χ1) is 12.0. The van der Waals surface area contributed by atoms with Gasteiger partial charge in [0.15, 0.2) is 0 Å². The Morgan fingerprint density at radius 2 is 1.76 bits per heavy atom. The molecule has 0 amide bonds. The lowest BCUT2D eigenvalue weighted by Gasteiger charge is -2.56. The summed E-state index contributed by atoms with van der Waals surface area (Å²) in [6.07, 6.45) is 2.35. The maximum atomic E-state index is 11.8. The molecule has 3 unspecified atom stereocenters. The van der Waals surface area contributed by atoms with E-state index in [0.717, 1.165) is 29.2 Å². The van der Waals surface area contributed by atoms with Gasteiger partial charge in [0, 0.05) is 17.0 Å². The normalized spacial score (nSPS) is 30.9. The van der Waals surface area contributed by atoms with Crippen LogP contribution in [0.2, 0.25) is 5.02 Å². The molecule has 2 aromatic rings. The van der Waals surface area contributed by atoms with Gasteiger partial charge in [-0.3, -0.25) is 4.90 Å². The molecule has 0 spiro atoms. The van der Waals surface area contributed by atoms with Gasteiger partial charge in [0.1, 0.15) is 0 Å². The van der Waals surface area contributed by atoms with Crippen molar-refractivity contribution in [2.45, 2.75) is 38.3 Å². The summed E-state index contributed by atoms with van der Waals surface area (Å²) in [5.74, 6) is 0.748. The van der Waals surface area contributed by atoms with Crippen LogP contribution in [0.1, 0.15) is 42.5 Å². The van der Waals surface area contributed by atoms with Crippen LogP contribution in [0.25, 0.3) is 0 Å². The van der Waals surface area contributed by atoms with E-state index in [4.69, 9.17) is 11.6 Å². The molecule has 132 valence electrons. The van der Waals surface area contributed by atoms with Crippen molar-refractivity contribution in [1.82, 2.24) is 4.90 Å². The van der Waals surface area contributed by atoms with Gasteiger partial charge in [0.25, 0.3) is 0 Å². The summed E-state index contributed by atoms with van der Waals surface area (Å²) in [6.45, 7) is 6.33. The SMILES string of the molecule is Cc1cc(Cl)ccc1C(C)(O)C1C2CCN(CC2)C1c1ccccc1. The second-order valence-electron chi connectivity index (χ2n) is 7.86. The number of halogens is 1. The molecule has 0 radical (unpaired) electrons. The highest BCUT2D eigenvalue weighted by Gasteiger charge is 2.51. The van der Waals surface area contributed by atoms with Crippen LogP contribution < -0.4 is 0 Å². The molecule has 0 saturated carbocycles. The van der Waals surface area contributed by atoms with Gasteiger partial charge in [-0.05, 0) is 74.5 Å². The summed E-state index contributed by atoms with van der Waals surface area (Å²) in [4.78, 5) is 2.57. The number of aryl methyl sites for hydroxylation is 1. The van der Waals surface area contributed by atoms with Crippen molar-refractivity contribution in [2.75, 3.05) is 13.1 Å². The smallest absolute Gasteiger partial charge is 0.0920 e. The third-order valence-electron chi connectivity index (χ3n) is 6.34. The van der Waals surface area contributed by atoms with E-state index in [1.807, 2.05) is 25.1 Å². The fourth-order valence-corrected chi connectivity index (χ4v) is 5.48. The van der Waals surface area contributed by atoms with E-state index in [0.29, 0.717) is 5.92 Å². The number of hydrogen-bond acceptors (Lipinski definition) is 2. The molecule has 3 saturated heterocycles. The molecule has 0 aliphatic carbocycles. The van der Waals surface area contributed by atoms with E-state index in [-0.39, 0.29) is 12.0 Å². The van der Waals surface area contributed by atoms with Crippen LogP contribution in [0.3, 0.4) is 0 Å². The number of hydrogen-bond donors (Lipinski definition) is 1. The van der Waals surface area contributed by atoms with Gasteiger partial charge < -0.3 is 5.11 Å². The van der Waals surface area contributed by atoms with Crippen molar-refractivity contribution in [3.8, 4) is 0 Å². The Labute approximate surface area is 155 Å². The summed E-state index contributed by atoms with van der Waals surface area (Å²) in [5.41, 5.74) is 2.53. The maximum Gasteiger partial charge on any atom is 0.0920 e. The molecule has 2 bridgehead atoms. The number of aliphatic hydroxyl groups is 1. The third-order valence-corrected chi connectivity index (χ3v) is 6.57. The van der Waals surface area contributed by atoms with Crippen molar-refractivity contribution in [2.24, 2.45) is 11.8 Å². The van der Waals surface area contributed by atoms with E-state index in [9.17, 15) is 5.11 Å². The lowest BCUT2D eigenvalue weighted by atomic mass is 9.62. The predicted octanol–water partition coefficient (Wildman–Crippen LogP) is 4.94. The molecule has 5 rings (SSSR count). The predicted molar refractivity (Wildman–Crippen MR) is 103 cm³/mol. The zero-order valence-corrected chi connectivity index (χ0v) is 15.7. The van der Waals surface area contributed by atoms with Crippen molar-refractivity contribution < 1.29 is 5.11 Å².